The van der Waals surface area contributed by atoms with Crippen molar-refractivity contribution in [1.82, 2.24) is 9.78 Å². The molecule has 0 atom stereocenters. The molecule has 0 aliphatic rings. The summed E-state index contributed by atoms with van der Waals surface area (Å²) in [6.07, 6.45) is 0. The molecule has 1 aromatic heterocycles. The van der Waals surface area contributed by atoms with Crippen LogP contribution in [0.4, 0.5) is 5.69 Å². The van der Waals surface area contributed by atoms with E-state index in [-0.39, 0.29) is 16.3 Å². The molecular weight excluding hydrogens is 422 g/mol. The zero-order chi connectivity index (χ0) is 15.8. The molecule has 1 heterocycles. The fourth-order valence-electron chi connectivity index (χ4n) is 2.07. The van der Waals surface area contributed by atoms with E-state index in [0.717, 1.165) is 14.6 Å². The van der Waals surface area contributed by atoms with Crippen molar-refractivity contribution in [2.45, 2.75) is 31.0 Å². The Morgan fingerprint density at radius 3 is 2.57 bits per heavy atom. The van der Waals surface area contributed by atoms with E-state index in [0.29, 0.717) is 12.2 Å². The summed E-state index contributed by atoms with van der Waals surface area (Å²) < 4.78 is 28.4. The first-order chi connectivity index (χ1) is 9.76. The van der Waals surface area contributed by atoms with Gasteiger partial charge in [-0.3, -0.25) is 4.68 Å². The number of nitrogens with two attached hydrogens (primary N) is 1. The van der Waals surface area contributed by atoms with Gasteiger partial charge < -0.3 is 5.73 Å². The van der Waals surface area contributed by atoms with Crippen molar-refractivity contribution in [3.05, 3.63) is 38.5 Å². The van der Waals surface area contributed by atoms with E-state index in [1.165, 1.54) is 6.07 Å². The molecule has 0 amide bonds. The van der Waals surface area contributed by atoms with Crippen LogP contribution >= 0.6 is 31.9 Å². The van der Waals surface area contributed by atoms with E-state index in [1.807, 2.05) is 13.8 Å². The van der Waals surface area contributed by atoms with Gasteiger partial charge in [-0.15, -0.1) is 0 Å². The summed E-state index contributed by atoms with van der Waals surface area (Å²) in [6, 6.07) is 4.77. The normalized spacial score (nSPS) is 11.8. The molecule has 5 nitrogen and oxygen atoms in total. The molecule has 1 aromatic carbocycles. The first kappa shape index (κ1) is 16.5. The Morgan fingerprint density at radius 1 is 1.33 bits per heavy atom. The van der Waals surface area contributed by atoms with Gasteiger partial charge in [0, 0.05) is 11.0 Å². The first-order valence-electron chi connectivity index (χ1n) is 6.25. The summed E-state index contributed by atoms with van der Waals surface area (Å²) in [4.78, 5) is 0.138. The van der Waals surface area contributed by atoms with Crippen molar-refractivity contribution in [3.8, 4) is 0 Å². The van der Waals surface area contributed by atoms with Crippen LogP contribution in [0.15, 0.2) is 32.0 Å². The van der Waals surface area contributed by atoms with Gasteiger partial charge in [0.25, 0.3) is 0 Å². The summed E-state index contributed by atoms with van der Waals surface area (Å²) in [5.41, 5.74) is 7.47. The van der Waals surface area contributed by atoms with Crippen LogP contribution in [0.3, 0.4) is 0 Å². The highest BCUT2D eigenvalue weighted by atomic mass is 79.9. The minimum absolute atomic E-state index is 0.138. The summed E-state index contributed by atoms with van der Waals surface area (Å²) in [5.74, 6) is -0.145. The van der Waals surface area contributed by atoms with Crippen molar-refractivity contribution < 1.29 is 8.42 Å². The van der Waals surface area contributed by atoms with Crippen LogP contribution in [0.25, 0.3) is 0 Å². The van der Waals surface area contributed by atoms with Crippen LogP contribution in [0.2, 0.25) is 0 Å². The Kier molecular flexibility index (Phi) is 4.79. The second-order valence-electron chi connectivity index (χ2n) is 4.60. The quantitative estimate of drug-likeness (QED) is 0.745. The van der Waals surface area contributed by atoms with Crippen LogP contribution < -0.4 is 5.73 Å². The Balaban J connectivity index is 2.47. The number of halogens is 2. The van der Waals surface area contributed by atoms with E-state index in [4.69, 9.17) is 5.73 Å². The number of benzene rings is 1. The molecule has 0 aliphatic carbocycles. The average molecular weight is 437 g/mol. The third kappa shape index (κ3) is 3.32. The molecule has 0 radical (unpaired) electrons. The van der Waals surface area contributed by atoms with Crippen molar-refractivity contribution >= 4 is 47.4 Å². The minimum Gasteiger partial charge on any atom is -0.398 e. The number of nitrogen functional groups attached to an aromatic ring is 1. The van der Waals surface area contributed by atoms with Gasteiger partial charge in [0.2, 0.25) is 0 Å². The summed E-state index contributed by atoms with van der Waals surface area (Å²) >= 11 is 6.68. The van der Waals surface area contributed by atoms with Crippen molar-refractivity contribution in [3.63, 3.8) is 0 Å². The topological polar surface area (TPSA) is 78.0 Å². The Bertz CT molecular complexity index is 785. The van der Waals surface area contributed by atoms with Crippen LogP contribution in [0.1, 0.15) is 18.3 Å². The third-order valence-corrected chi connectivity index (χ3v) is 6.31. The highest BCUT2D eigenvalue weighted by Crippen LogP contribution is 2.29. The van der Waals surface area contributed by atoms with E-state index in [1.54, 1.807) is 16.8 Å². The number of rotatable bonds is 4. The highest BCUT2D eigenvalue weighted by Gasteiger charge is 2.23. The van der Waals surface area contributed by atoms with Crippen LogP contribution in [0, 0.1) is 6.92 Å². The predicted molar refractivity (Wildman–Crippen MR) is 89.8 cm³/mol. The molecule has 0 saturated heterocycles. The van der Waals surface area contributed by atoms with E-state index < -0.39 is 9.84 Å². The van der Waals surface area contributed by atoms with Gasteiger partial charge in [0.05, 0.1) is 32.2 Å². The van der Waals surface area contributed by atoms with Gasteiger partial charge in [0.1, 0.15) is 0 Å². The third-order valence-electron chi connectivity index (χ3n) is 3.09. The van der Waals surface area contributed by atoms with Crippen LogP contribution in [-0.4, -0.2) is 18.2 Å². The molecular formula is C13H15Br2N3O2S. The summed E-state index contributed by atoms with van der Waals surface area (Å²) in [6.45, 7) is 4.36. The molecule has 8 heteroatoms. The molecule has 0 spiro atoms. The molecule has 2 aromatic rings. The van der Waals surface area contributed by atoms with E-state index in [2.05, 4.69) is 37.0 Å². The number of aromatic nitrogens is 2. The first-order valence-corrected chi connectivity index (χ1v) is 9.49. The van der Waals surface area contributed by atoms with Gasteiger partial charge in [-0.05, 0) is 48.0 Å². The number of hydrogen-bond acceptors (Lipinski definition) is 4. The molecule has 21 heavy (non-hydrogen) atoms. The second-order valence-corrected chi connectivity index (χ2v) is 8.27. The van der Waals surface area contributed by atoms with Gasteiger partial charge in [-0.1, -0.05) is 15.9 Å². The maximum absolute atomic E-state index is 12.6. The van der Waals surface area contributed by atoms with Crippen LogP contribution in [-0.2, 0) is 22.1 Å². The smallest absolute Gasteiger partial charge is 0.186 e. The van der Waals surface area contributed by atoms with Gasteiger partial charge in [0.15, 0.2) is 9.84 Å². The minimum atomic E-state index is -3.54. The molecule has 114 valence electrons. The Morgan fingerprint density at radius 2 is 2.00 bits per heavy atom. The molecule has 2 N–H and O–H groups in total. The largest absolute Gasteiger partial charge is 0.398 e. The Hall–Kier alpha value is -0.860. The second kappa shape index (κ2) is 6.10. The van der Waals surface area contributed by atoms with Gasteiger partial charge >= 0.3 is 0 Å². The molecule has 0 aliphatic heterocycles. The van der Waals surface area contributed by atoms with Crippen molar-refractivity contribution in [2.24, 2.45) is 0 Å². The van der Waals surface area contributed by atoms with Gasteiger partial charge in [-0.2, -0.15) is 5.10 Å². The maximum atomic E-state index is 12.6. The number of aryl methyl sites for hydroxylation is 2. The lowest BCUT2D eigenvalue weighted by Gasteiger charge is -2.09. The summed E-state index contributed by atoms with van der Waals surface area (Å²) in [5, 5.41) is 4.31. The molecule has 0 unspecified atom stereocenters. The number of anilines is 1. The summed E-state index contributed by atoms with van der Waals surface area (Å²) in [7, 11) is -3.54. The SMILES string of the molecule is CCn1nc(C)c(Br)c1CS(=O)(=O)c1ccc(Br)cc1N. The fraction of sp³-hybridized carbons (Fsp3) is 0.308. The maximum Gasteiger partial charge on any atom is 0.186 e. The monoisotopic (exact) mass is 435 g/mol. The highest BCUT2D eigenvalue weighted by molar-refractivity contribution is 9.10. The Labute approximate surface area is 140 Å². The van der Waals surface area contributed by atoms with E-state index >= 15 is 0 Å². The number of nitrogens with zero attached hydrogens (tertiary/aromatic N) is 2. The molecule has 0 bridgehead atoms. The lowest BCUT2D eigenvalue weighted by atomic mass is 10.3. The fourth-order valence-corrected chi connectivity index (χ4v) is 4.56. The average Bonchev–Trinajstić information content (AvgIpc) is 2.65. The van der Waals surface area contributed by atoms with Crippen LogP contribution in [0.5, 0.6) is 0 Å². The van der Waals surface area contributed by atoms with E-state index in [9.17, 15) is 8.42 Å². The van der Waals surface area contributed by atoms with Crippen molar-refractivity contribution in [1.29, 1.82) is 0 Å². The molecule has 2 rings (SSSR count). The lowest BCUT2D eigenvalue weighted by Crippen LogP contribution is -2.12. The molecule has 0 saturated carbocycles. The standard InChI is InChI=1S/C13H15Br2N3O2S/c1-3-18-11(13(15)8(2)17-18)7-21(19,20)12-5-4-9(14)6-10(12)16/h4-6H,3,7,16H2,1-2H3. The van der Waals surface area contributed by atoms with Crippen molar-refractivity contribution in [2.75, 3.05) is 5.73 Å². The zero-order valence-electron chi connectivity index (χ0n) is 11.6. The molecule has 0 fully saturated rings. The predicted octanol–water partition coefficient (Wildman–Crippen LogP) is 3.29. The number of hydrogen-bond donors (Lipinski definition) is 1. The number of sulfone groups is 1. The van der Waals surface area contributed by atoms with Gasteiger partial charge in [-0.25, -0.2) is 8.42 Å². The zero-order valence-corrected chi connectivity index (χ0v) is 15.6. The lowest BCUT2D eigenvalue weighted by molar-refractivity contribution is 0.585.